The second-order valence-corrected chi connectivity index (χ2v) is 7.70. The summed E-state index contributed by atoms with van der Waals surface area (Å²) in [4.78, 5) is 38.9. The SMILES string of the molecule is CCOc1ccc(C(=O)NC(=S)Nc2ccccc2N2CCN(C(C)=O)CC2)cc1[N+](=O)[O-]. The van der Waals surface area contributed by atoms with Gasteiger partial charge in [0.2, 0.25) is 5.91 Å². The molecule has 1 aliphatic heterocycles. The molecule has 2 aromatic rings. The van der Waals surface area contributed by atoms with Crippen molar-refractivity contribution in [1.29, 1.82) is 0 Å². The van der Waals surface area contributed by atoms with Gasteiger partial charge < -0.3 is 19.9 Å². The maximum absolute atomic E-state index is 12.6. The molecule has 1 aliphatic rings. The minimum Gasteiger partial charge on any atom is -0.487 e. The number of thiocarbonyl (C=S) groups is 1. The molecule has 0 aliphatic carbocycles. The Bertz CT molecular complexity index is 1070. The number of anilines is 2. The standard InChI is InChI=1S/C22H25N5O5S/c1-3-32-20-9-8-16(14-19(20)27(30)31)21(29)24-22(33)23-17-6-4-5-7-18(17)26-12-10-25(11-13-26)15(2)28/h4-9,14H,3,10-13H2,1-2H3,(H2,23,24,29,33). The summed E-state index contributed by atoms with van der Waals surface area (Å²) in [5, 5.41) is 17.0. The van der Waals surface area contributed by atoms with Crippen molar-refractivity contribution >= 4 is 46.2 Å². The molecule has 0 radical (unpaired) electrons. The van der Waals surface area contributed by atoms with E-state index in [-0.39, 0.29) is 34.6 Å². The van der Waals surface area contributed by atoms with Crippen LogP contribution < -0.4 is 20.3 Å². The van der Waals surface area contributed by atoms with Crippen LogP contribution in [-0.2, 0) is 4.79 Å². The highest BCUT2D eigenvalue weighted by atomic mass is 32.1. The fourth-order valence-electron chi connectivity index (χ4n) is 3.53. The van der Waals surface area contributed by atoms with E-state index in [4.69, 9.17) is 17.0 Å². The molecule has 2 N–H and O–H groups in total. The van der Waals surface area contributed by atoms with Gasteiger partial charge in [0.1, 0.15) is 0 Å². The number of hydrogen-bond acceptors (Lipinski definition) is 7. The number of amides is 2. The minimum atomic E-state index is -0.597. The lowest BCUT2D eigenvalue weighted by atomic mass is 10.1. The van der Waals surface area contributed by atoms with Gasteiger partial charge in [0.15, 0.2) is 10.9 Å². The number of rotatable bonds is 6. The highest BCUT2D eigenvalue weighted by molar-refractivity contribution is 7.80. The summed E-state index contributed by atoms with van der Waals surface area (Å²) >= 11 is 5.31. The maximum atomic E-state index is 12.6. The number of hydrogen-bond donors (Lipinski definition) is 2. The Hall–Kier alpha value is -3.73. The number of para-hydroxylation sites is 2. The van der Waals surface area contributed by atoms with E-state index in [0.717, 1.165) is 11.8 Å². The van der Waals surface area contributed by atoms with Gasteiger partial charge >= 0.3 is 5.69 Å². The molecule has 0 bridgehead atoms. The first-order valence-electron chi connectivity index (χ1n) is 10.4. The number of nitrogens with one attached hydrogen (secondary N) is 2. The summed E-state index contributed by atoms with van der Waals surface area (Å²) in [5.74, 6) is -0.427. The van der Waals surface area contributed by atoms with Crippen LogP contribution in [0.2, 0.25) is 0 Å². The fraction of sp³-hybridized carbons (Fsp3) is 0.318. The number of carbonyl (C=O) groups excluding carboxylic acids is 2. The first kappa shape index (κ1) is 23.9. The average molecular weight is 472 g/mol. The molecule has 1 heterocycles. The lowest BCUT2D eigenvalue weighted by Gasteiger charge is -2.36. The summed E-state index contributed by atoms with van der Waals surface area (Å²) in [6.45, 7) is 6.15. The summed E-state index contributed by atoms with van der Waals surface area (Å²) in [7, 11) is 0. The zero-order valence-corrected chi connectivity index (χ0v) is 19.2. The van der Waals surface area contributed by atoms with Gasteiger partial charge in [0.05, 0.1) is 22.9 Å². The van der Waals surface area contributed by atoms with Gasteiger partial charge in [0, 0.05) is 44.7 Å². The summed E-state index contributed by atoms with van der Waals surface area (Å²) in [6.07, 6.45) is 0. The lowest BCUT2D eigenvalue weighted by Crippen LogP contribution is -2.48. The summed E-state index contributed by atoms with van der Waals surface area (Å²) in [6, 6.07) is 11.5. The van der Waals surface area contributed by atoms with Crippen LogP contribution in [0.1, 0.15) is 24.2 Å². The van der Waals surface area contributed by atoms with Gasteiger partial charge in [-0.1, -0.05) is 12.1 Å². The zero-order valence-electron chi connectivity index (χ0n) is 18.4. The van der Waals surface area contributed by atoms with Gasteiger partial charge in [-0.3, -0.25) is 25.0 Å². The summed E-state index contributed by atoms with van der Waals surface area (Å²) < 4.78 is 5.25. The molecule has 0 unspecified atom stereocenters. The molecule has 2 aromatic carbocycles. The molecule has 10 nitrogen and oxygen atoms in total. The molecular weight excluding hydrogens is 446 g/mol. The number of nitrogens with zero attached hydrogens (tertiary/aromatic N) is 3. The van der Waals surface area contributed by atoms with Crippen molar-refractivity contribution in [2.75, 3.05) is 43.0 Å². The molecule has 174 valence electrons. The van der Waals surface area contributed by atoms with Crippen molar-refractivity contribution in [2.24, 2.45) is 0 Å². The molecule has 11 heteroatoms. The van der Waals surface area contributed by atoms with Crippen molar-refractivity contribution in [1.82, 2.24) is 10.2 Å². The monoisotopic (exact) mass is 471 g/mol. The van der Waals surface area contributed by atoms with E-state index in [9.17, 15) is 19.7 Å². The number of nitro groups is 1. The van der Waals surface area contributed by atoms with E-state index >= 15 is 0 Å². The predicted octanol–water partition coefficient (Wildman–Crippen LogP) is 2.79. The van der Waals surface area contributed by atoms with E-state index in [0.29, 0.717) is 31.9 Å². The van der Waals surface area contributed by atoms with Crippen LogP contribution in [0.25, 0.3) is 0 Å². The Morgan fingerprint density at radius 1 is 1.15 bits per heavy atom. The quantitative estimate of drug-likeness (QED) is 0.375. The number of nitro benzene ring substituents is 1. The topological polar surface area (TPSA) is 117 Å². The van der Waals surface area contributed by atoms with Crippen LogP contribution in [0.15, 0.2) is 42.5 Å². The maximum Gasteiger partial charge on any atom is 0.311 e. The van der Waals surface area contributed by atoms with Crippen molar-refractivity contribution in [2.45, 2.75) is 13.8 Å². The molecule has 0 atom stereocenters. The smallest absolute Gasteiger partial charge is 0.311 e. The van der Waals surface area contributed by atoms with Gasteiger partial charge in [-0.2, -0.15) is 0 Å². The number of piperazine rings is 1. The molecular formula is C22H25N5O5S. The Balaban J connectivity index is 1.68. The number of carbonyl (C=O) groups is 2. The molecule has 3 rings (SSSR count). The van der Waals surface area contributed by atoms with E-state index in [1.807, 2.05) is 24.3 Å². The van der Waals surface area contributed by atoms with Crippen molar-refractivity contribution in [3.8, 4) is 5.75 Å². The highest BCUT2D eigenvalue weighted by Crippen LogP contribution is 2.28. The first-order valence-corrected chi connectivity index (χ1v) is 10.8. The third-order valence-electron chi connectivity index (χ3n) is 5.16. The van der Waals surface area contributed by atoms with Crippen LogP contribution in [0.3, 0.4) is 0 Å². The number of benzene rings is 2. The Kier molecular flexibility index (Phi) is 7.78. The van der Waals surface area contributed by atoms with Crippen LogP contribution in [-0.4, -0.2) is 59.5 Å². The molecule has 1 saturated heterocycles. The summed E-state index contributed by atoms with van der Waals surface area (Å²) in [5.41, 5.74) is 1.40. The first-order chi connectivity index (χ1) is 15.8. The van der Waals surface area contributed by atoms with Crippen molar-refractivity contribution in [3.05, 3.63) is 58.1 Å². The van der Waals surface area contributed by atoms with Gasteiger partial charge in [-0.25, -0.2) is 0 Å². The van der Waals surface area contributed by atoms with Crippen LogP contribution in [0, 0.1) is 10.1 Å². The second kappa shape index (κ2) is 10.7. The minimum absolute atomic E-state index is 0.0551. The molecule has 0 aromatic heterocycles. The molecule has 2 amide bonds. The molecule has 0 spiro atoms. The Labute approximate surface area is 196 Å². The van der Waals surface area contributed by atoms with E-state index < -0.39 is 10.8 Å². The zero-order chi connectivity index (χ0) is 24.0. The molecule has 1 fully saturated rings. The average Bonchev–Trinajstić information content (AvgIpc) is 2.79. The van der Waals surface area contributed by atoms with E-state index in [1.54, 1.807) is 18.7 Å². The molecule has 0 saturated carbocycles. The van der Waals surface area contributed by atoms with Crippen molar-refractivity contribution < 1.29 is 19.2 Å². The molecule has 33 heavy (non-hydrogen) atoms. The van der Waals surface area contributed by atoms with Gasteiger partial charge in [-0.15, -0.1) is 0 Å². The third-order valence-corrected chi connectivity index (χ3v) is 5.37. The second-order valence-electron chi connectivity index (χ2n) is 7.29. The van der Waals surface area contributed by atoms with Gasteiger partial charge in [-0.05, 0) is 43.4 Å². The van der Waals surface area contributed by atoms with Crippen LogP contribution >= 0.6 is 12.2 Å². The Morgan fingerprint density at radius 2 is 1.85 bits per heavy atom. The largest absolute Gasteiger partial charge is 0.487 e. The normalized spacial score (nSPS) is 13.3. The third kappa shape index (κ3) is 5.95. The number of ether oxygens (including phenoxy) is 1. The van der Waals surface area contributed by atoms with Crippen LogP contribution in [0.4, 0.5) is 17.1 Å². The predicted molar refractivity (Wildman–Crippen MR) is 129 cm³/mol. The Morgan fingerprint density at radius 3 is 2.48 bits per heavy atom. The van der Waals surface area contributed by atoms with E-state index in [2.05, 4.69) is 15.5 Å². The fourth-order valence-corrected chi connectivity index (χ4v) is 3.73. The highest BCUT2D eigenvalue weighted by Gasteiger charge is 2.22. The lowest BCUT2D eigenvalue weighted by molar-refractivity contribution is -0.385. The van der Waals surface area contributed by atoms with Crippen molar-refractivity contribution in [3.63, 3.8) is 0 Å². The van der Waals surface area contributed by atoms with E-state index in [1.165, 1.54) is 12.1 Å². The van der Waals surface area contributed by atoms with Gasteiger partial charge in [0.25, 0.3) is 5.91 Å². The van der Waals surface area contributed by atoms with Crippen LogP contribution in [0.5, 0.6) is 5.75 Å².